The molecule has 0 bridgehead atoms. The molecule has 1 aliphatic heterocycles. The molecule has 182 valence electrons. The maximum atomic E-state index is 13.9. The fourth-order valence-electron chi connectivity index (χ4n) is 4.95. The highest BCUT2D eigenvalue weighted by atomic mass is 32.2. The van der Waals surface area contributed by atoms with Crippen LogP contribution in [0.1, 0.15) is 47.7 Å². The molecule has 3 aromatic carbocycles. The van der Waals surface area contributed by atoms with Crippen LogP contribution in [-0.4, -0.2) is 31.2 Å². The summed E-state index contributed by atoms with van der Waals surface area (Å²) in [5.41, 5.74) is 2.26. The molecule has 35 heavy (non-hydrogen) atoms. The summed E-state index contributed by atoms with van der Waals surface area (Å²) >= 11 is 0. The molecule has 0 aliphatic carbocycles. The van der Waals surface area contributed by atoms with Gasteiger partial charge in [0.2, 0.25) is 6.04 Å². The second kappa shape index (κ2) is 9.62. The minimum atomic E-state index is -4.11. The van der Waals surface area contributed by atoms with Gasteiger partial charge in [0.05, 0.1) is 16.5 Å². The van der Waals surface area contributed by atoms with Crippen LogP contribution in [0.5, 0.6) is 0 Å². The number of Topliss-reactive ketones (excluding diaryl/α,β-unsaturated/α-hetero) is 1. The number of ketones is 1. The van der Waals surface area contributed by atoms with Crippen LogP contribution in [0.3, 0.4) is 0 Å². The number of nitrogens with zero attached hydrogens (tertiary/aromatic N) is 2. The van der Waals surface area contributed by atoms with Gasteiger partial charge in [0.1, 0.15) is 6.04 Å². The Balaban J connectivity index is 1.90. The minimum absolute atomic E-state index is 0.0736. The van der Waals surface area contributed by atoms with Gasteiger partial charge >= 0.3 is 0 Å². The number of aryl methyl sites for hydroxylation is 1. The van der Waals surface area contributed by atoms with E-state index in [0.717, 1.165) is 5.56 Å². The summed E-state index contributed by atoms with van der Waals surface area (Å²) < 4.78 is 29.1. The fourth-order valence-corrected chi connectivity index (χ4v) is 6.77. The van der Waals surface area contributed by atoms with E-state index in [9.17, 15) is 23.3 Å². The van der Waals surface area contributed by atoms with E-state index in [1.807, 2.05) is 6.92 Å². The van der Waals surface area contributed by atoms with E-state index in [1.54, 1.807) is 80.6 Å². The Morgan fingerprint density at radius 1 is 0.971 bits per heavy atom. The van der Waals surface area contributed by atoms with E-state index in [2.05, 4.69) is 0 Å². The van der Waals surface area contributed by atoms with Crippen molar-refractivity contribution in [1.82, 2.24) is 0 Å². The molecule has 0 amide bonds. The van der Waals surface area contributed by atoms with Crippen LogP contribution in [0.25, 0.3) is 0 Å². The third kappa shape index (κ3) is 4.58. The normalized spacial score (nSPS) is 19.9. The van der Waals surface area contributed by atoms with Crippen molar-refractivity contribution >= 4 is 21.5 Å². The quantitative estimate of drug-likeness (QED) is 0.256. The second-order valence-corrected chi connectivity index (χ2v) is 11.1. The molecule has 1 heterocycles. The molecular weight excluding hydrogens is 464 g/mol. The number of para-hydroxylation sites is 1. The standard InChI is InChI=1S/C27H28N2O5S/c1-18(2)26-27(29(31)32)23(17-25(30)20-9-5-4-6-10-20)22-11-7-8-12-24(22)28(26)35(33,34)21-15-13-19(3)14-16-21/h4-16,18,23,26-27H,17H2,1-3H3/t23-,26-,27+/m0/s1. The fraction of sp³-hybridized carbons (Fsp3) is 0.296. The van der Waals surface area contributed by atoms with Crippen LogP contribution < -0.4 is 4.31 Å². The highest BCUT2D eigenvalue weighted by Crippen LogP contribution is 2.46. The lowest BCUT2D eigenvalue weighted by Crippen LogP contribution is -2.58. The average molecular weight is 493 g/mol. The van der Waals surface area contributed by atoms with Gasteiger partial charge < -0.3 is 0 Å². The topological polar surface area (TPSA) is 97.6 Å². The number of nitro groups is 1. The Bertz CT molecular complexity index is 1340. The van der Waals surface area contributed by atoms with E-state index < -0.39 is 32.9 Å². The van der Waals surface area contributed by atoms with Crippen LogP contribution in [0.15, 0.2) is 83.8 Å². The Labute approximate surface area is 205 Å². The van der Waals surface area contributed by atoms with Crippen LogP contribution in [0.4, 0.5) is 5.69 Å². The Morgan fingerprint density at radius 2 is 1.57 bits per heavy atom. The van der Waals surface area contributed by atoms with Crippen molar-refractivity contribution in [3.63, 3.8) is 0 Å². The maximum Gasteiger partial charge on any atom is 0.264 e. The summed E-state index contributed by atoms with van der Waals surface area (Å²) in [5.74, 6) is -1.37. The number of benzene rings is 3. The van der Waals surface area contributed by atoms with Crippen molar-refractivity contribution in [2.45, 2.75) is 50.1 Å². The first-order chi connectivity index (χ1) is 16.6. The third-order valence-corrected chi connectivity index (χ3v) is 8.44. The van der Waals surface area contributed by atoms with E-state index in [1.165, 1.54) is 16.4 Å². The molecule has 0 N–H and O–H groups in total. The summed E-state index contributed by atoms with van der Waals surface area (Å²) in [4.78, 5) is 25.3. The zero-order chi connectivity index (χ0) is 25.3. The predicted octanol–water partition coefficient (Wildman–Crippen LogP) is 5.23. The molecule has 3 aromatic rings. The first-order valence-electron chi connectivity index (χ1n) is 11.5. The van der Waals surface area contributed by atoms with Gasteiger partial charge in [-0.05, 0) is 36.6 Å². The van der Waals surface area contributed by atoms with Gasteiger partial charge in [0.15, 0.2) is 5.78 Å². The molecule has 8 heteroatoms. The zero-order valence-electron chi connectivity index (χ0n) is 19.9. The Hall–Kier alpha value is -3.52. The highest BCUT2D eigenvalue weighted by Gasteiger charge is 2.53. The van der Waals surface area contributed by atoms with E-state index >= 15 is 0 Å². The van der Waals surface area contributed by atoms with Crippen molar-refractivity contribution in [3.05, 3.63) is 106 Å². The van der Waals surface area contributed by atoms with E-state index in [0.29, 0.717) is 16.8 Å². The molecule has 0 saturated carbocycles. The minimum Gasteiger partial charge on any atom is -0.294 e. The Kier molecular flexibility index (Phi) is 6.76. The first kappa shape index (κ1) is 24.6. The highest BCUT2D eigenvalue weighted by molar-refractivity contribution is 7.92. The number of anilines is 1. The number of fused-ring (bicyclic) bond motifs is 1. The lowest BCUT2D eigenvalue weighted by Gasteiger charge is -2.44. The lowest BCUT2D eigenvalue weighted by molar-refractivity contribution is -0.531. The number of hydrogen-bond donors (Lipinski definition) is 0. The largest absolute Gasteiger partial charge is 0.294 e. The van der Waals surface area contributed by atoms with Crippen molar-refractivity contribution < 1.29 is 18.1 Å². The van der Waals surface area contributed by atoms with Crippen molar-refractivity contribution in [2.75, 3.05) is 4.31 Å². The summed E-state index contributed by atoms with van der Waals surface area (Å²) in [6.45, 7) is 5.42. The summed E-state index contributed by atoms with van der Waals surface area (Å²) in [6, 6.07) is 19.7. The lowest BCUT2D eigenvalue weighted by atomic mass is 9.76. The number of carbonyl (C=O) groups is 1. The molecule has 1 aliphatic rings. The van der Waals surface area contributed by atoms with Crippen molar-refractivity contribution in [3.8, 4) is 0 Å². The average Bonchev–Trinajstić information content (AvgIpc) is 2.84. The van der Waals surface area contributed by atoms with Gasteiger partial charge in [-0.3, -0.25) is 19.2 Å². The molecule has 4 rings (SSSR count). The van der Waals surface area contributed by atoms with Gasteiger partial charge in [-0.15, -0.1) is 0 Å². The molecule has 0 unspecified atom stereocenters. The second-order valence-electron chi connectivity index (χ2n) is 9.28. The molecule has 3 atom stereocenters. The van der Waals surface area contributed by atoms with Crippen LogP contribution >= 0.6 is 0 Å². The van der Waals surface area contributed by atoms with Gasteiger partial charge in [-0.1, -0.05) is 80.1 Å². The zero-order valence-corrected chi connectivity index (χ0v) is 20.7. The molecule has 0 aromatic heterocycles. The van der Waals surface area contributed by atoms with Gasteiger partial charge in [0.25, 0.3) is 10.0 Å². The SMILES string of the molecule is Cc1ccc(S(=O)(=O)N2c3ccccc3[C@H](CC(=O)c3ccccc3)[C@@H]([N+](=O)[O-])[C@@H]2C(C)C)cc1. The third-order valence-electron chi connectivity index (χ3n) is 6.61. The molecule has 0 radical (unpaired) electrons. The van der Waals surface area contributed by atoms with Crippen LogP contribution in [0, 0.1) is 23.0 Å². The predicted molar refractivity (Wildman–Crippen MR) is 135 cm³/mol. The van der Waals surface area contributed by atoms with Gasteiger partial charge in [0, 0.05) is 16.9 Å². The van der Waals surface area contributed by atoms with E-state index in [-0.39, 0.29) is 23.0 Å². The number of hydrogen-bond acceptors (Lipinski definition) is 5. The number of rotatable bonds is 7. The number of sulfonamides is 1. The molecule has 0 saturated heterocycles. The van der Waals surface area contributed by atoms with Crippen LogP contribution in [0.2, 0.25) is 0 Å². The monoisotopic (exact) mass is 492 g/mol. The van der Waals surface area contributed by atoms with E-state index in [4.69, 9.17) is 0 Å². The molecular formula is C27H28N2O5S. The van der Waals surface area contributed by atoms with Crippen molar-refractivity contribution in [2.24, 2.45) is 5.92 Å². The summed E-state index contributed by atoms with van der Waals surface area (Å²) in [7, 11) is -4.11. The van der Waals surface area contributed by atoms with Gasteiger partial charge in [-0.25, -0.2) is 8.42 Å². The van der Waals surface area contributed by atoms with Gasteiger partial charge in [-0.2, -0.15) is 0 Å². The maximum absolute atomic E-state index is 13.9. The van der Waals surface area contributed by atoms with Crippen molar-refractivity contribution in [1.29, 1.82) is 0 Å². The first-order valence-corrected chi connectivity index (χ1v) is 13.0. The summed E-state index contributed by atoms with van der Waals surface area (Å²) in [5, 5.41) is 12.5. The molecule has 0 spiro atoms. The molecule has 7 nitrogen and oxygen atoms in total. The number of carbonyl (C=O) groups excluding carboxylic acids is 1. The Morgan fingerprint density at radius 3 is 2.17 bits per heavy atom. The van der Waals surface area contributed by atoms with Crippen LogP contribution in [-0.2, 0) is 10.0 Å². The smallest absolute Gasteiger partial charge is 0.264 e. The molecule has 0 fully saturated rings. The summed E-state index contributed by atoms with van der Waals surface area (Å²) in [6.07, 6.45) is -0.0890.